The molecular formula is C16H25ClFN3O4. The van der Waals surface area contributed by atoms with E-state index in [9.17, 15) is 9.18 Å². The molecule has 7 nitrogen and oxygen atoms in total. The number of aliphatic hydroxyl groups is 1. The largest absolute Gasteiger partial charge is 0.443 e. The molecule has 2 aliphatic heterocycles. The number of hydrogen-bond donors (Lipinski definition) is 2. The highest BCUT2D eigenvalue weighted by atomic mass is 35.5. The third kappa shape index (κ3) is 5.43. The van der Waals surface area contributed by atoms with E-state index in [1.807, 2.05) is 4.90 Å². The lowest BCUT2D eigenvalue weighted by atomic mass is 10.2. The Morgan fingerprint density at radius 3 is 2.52 bits per heavy atom. The van der Waals surface area contributed by atoms with Crippen LogP contribution in [0.2, 0.25) is 0 Å². The van der Waals surface area contributed by atoms with Crippen molar-refractivity contribution in [2.45, 2.75) is 13.0 Å². The van der Waals surface area contributed by atoms with Gasteiger partial charge in [0.25, 0.3) is 0 Å². The van der Waals surface area contributed by atoms with E-state index in [2.05, 4.69) is 0 Å². The summed E-state index contributed by atoms with van der Waals surface area (Å²) in [5, 5.41) is 7.57. The number of anilines is 2. The van der Waals surface area contributed by atoms with Crippen LogP contribution >= 0.6 is 12.4 Å². The molecule has 2 saturated heterocycles. The molecule has 1 aromatic rings. The minimum Gasteiger partial charge on any atom is -0.443 e. The fourth-order valence-corrected chi connectivity index (χ4v) is 2.58. The van der Waals surface area contributed by atoms with Gasteiger partial charge in [-0.25, -0.2) is 9.18 Å². The van der Waals surface area contributed by atoms with Crippen LogP contribution < -0.4 is 15.5 Å². The van der Waals surface area contributed by atoms with Crippen molar-refractivity contribution in [3.05, 3.63) is 24.0 Å². The van der Waals surface area contributed by atoms with Crippen molar-refractivity contribution in [3.8, 4) is 0 Å². The van der Waals surface area contributed by atoms with Crippen LogP contribution in [-0.4, -0.2) is 63.3 Å². The highest BCUT2D eigenvalue weighted by Gasteiger charge is 2.32. The number of hydrogen-bond acceptors (Lipinski definition) is 6. The first-order chi connectivity index (χ1) is 11.6. The summed E-state index contributed by atoms with van der Waals surface area (Å²) >= 11 is 0. The molecule has 0 saturated carbocycles. The maximum absolute atomic E-state index is 14.3. The zero-order chi connectivity index (χ0) is 17.5. The molecule has 3 N–H and O–H groups in total. The van der Waals surface area contributed by atoms with Crippen LogP contribution in [0.25, 0.3) is 0 Å². The third-order valence-electron chi connectivity index (χ3n) is 3.73. The zero-order valence-corrected chi connectivity index (χ0v) is 15.0. The highest BCUT2D eigenvalue weighted by molar-refractivity contribution is 5.90. The molecule has 0 radical (unpaired) electrons. The smallest absolute Gasteiger partial charge is 0.414 e. The van der Waals surface area contributed by atoms with Crippen LogP contribution in [0.4, 0.5) is 20.6 Å². The molecule has 0 unspecified atom stereocenters. The molecule has 0 bridgehead atoms. The van der Waals surface area contributed by atoms with E-state index in [0.717, 1.165) is 0 Å². The third-order valence-corrected chi connectivity index (χ3v) is 3.73. The normalized spacial score (nSPS) is 19.7. The topological polar surface area (TPSA) is 88.3 Å². The molecule has 25 heavy (non-hydrogen) atoms. The molecular weight excluding hydrogens is 353 g/mol. The second kappa shape index (κ2) is 10.4. The molecule has 0 spiro atoms. The van der Waals surface area contributed by atoms with Gasteiger partial charge in [0.1, 0.15) is 11.9 Å². The van der Waals surface area contributed by atoms with Gasteiger partial charge in [-0.05, 0) is 25.1 Å². The first kappa shape index (κ1) is 21.4. The Bertz CT molecular complexity index is 558. The van der Waals surface area contributed by atoms with Gasteiger partial charge < -0.3 is 25.2 Å². The second-order valence-corrected chi connectivity index (χ2v) is 5.40. The molecule has 1 amide bonds. The lowest BCUT2D eigenvalue weighted by molar-refractivity contribution is 0.122. The summed E-state index contributed by atoms with van der Waals surface area (Å²) in [5.41, 5.74) is 6.51. The molecule has 3 rings (SSSR count). The monoisotopic (exact) mass is 377 g/mol. The van der Waals surface area contributed by atoms with Crippen LogP contribution in [0.15, 0.2) is 18.2 Å². The minimum atomic E-state index is -0.482. The van der Waals surface area contributed by atoms with E-state index in [1.165, 1.54) is 11.0 Å². The average molecular weight is 378 g/mol. The minimum absolute atomic E-state index is 0. The maximum Gasteiger partial charge on any atom is 0.414 e. The molecule has 1 atom stereocenters. The van der Waals surface area contributed by atoms with Crippen molar-refractivity contribution in [2.75, 3.05) is 55.8 Å². The number of halogens is 2. The van der Waals surface area contributed by atoms with Gasteiger partial charge in [0, 0.05) is 26.2 Å². The summed E-state index contributed by atoms with van der Waals surface area (Å²) in [6, 6.07) is 4.79. The van der Waals surface area contributed by atoms with E-state index in [1.54, 1.807) is 19.1 Å². The van der Waals surface area contributed by atoms with Gasteiger partial charge in [-0.2, -0.15) is 0 Å². The van der Waals surface area contributed by atoms with E-state index in [-0.39, 0.29) is 37.5 Å². The van der Waals surface area contributed by atoms with Crippen molar-refractivity contribution >= 4 is 29.9 Å². The number of rotatable bonds is 3. The molecule has 142 valence electrons. The lowest BCUT2D eigenvalue weighted by Crippen LogP contribution is -2.36. The Morgan fingerprint density at radius 1 is 1.36 bits per heavy atom. The summed E-state index contributed by atoms with van der Waals surface area (Å²) in [6.45, 7) is 5.06. The van der Waals surface area contributed by atoms with Gasteiger partial charge in [0.2, 0.25) is 0 Å². The van der Waals surface area contributed by atoms with Crippen molar-refractivity contribution in [1.29, 1.82) is 0 Å². The van der Waals surface area contributed by atoms with Crippen LogP contribution in [-0.2, 0) is 9.47 Å². The predicted octanol–water partition coefficient (Wildman–Crippen LogP) is 1.37. The van der Waals surface area contributed by atoms with Gasteiger partial charge in [-0.15, -0.1) is 12.4 Å². The fourth-order valence-electron chi connectivity index (χ4n) is 2.58. The van der Waals surface area contributed by atoms with Gasteiger partial charge in [-0.1, -0.05) is 0 Å². The average Bonchev–Trinajstić information content (AvgIpc) is 2.97. The van der Waals surface area contributed by atoms with Crippen molar-refractivity contribution in [1.82, 2.24) is 0 Å². The second-order valence-electron chi connectivity index (χ2n) is 5.40. The summed E-state index contributed by atoms with van der Waals surface area (Å²) in [5.74, 6) is -0.349. The SMILES string of the molecule is CCO.Cl.NC[C@H]1CN(c2ccc(N3CCOCC3)c(F)c2)C(=O)O1. The summed E-state index contributed by atoms with van der Waals surface area (Å²) in [6.07, 6.45) is -0.816. The highest BCUT2D eigenvalue weighted by Crippen LogP contribution is 2.28. The van der Waals surface area contributed by atoms with Crippen LogP contribution in [0.5, 0.6) is 0 Å². The molecule has 0 aromatic heterocycles. The number of aliphatic hydroxyl groups excluding tert-OH is 1. The Morgan fingerprint density at radius 2 is 2.00 bits per heavy atom. The molecule has 2 fully saturated rings. The molecule has 2 heterocycles. The number of cyclic esters (lactones) is 1. The number of benzene rings is 1. The first-order valence-corrected chi connectivity index (χ1v) is 8.02. The lowest BCUT2D eigenvalue weighted by Gasteiger charge is -2.29. The number of nitrogens with zero attached hydrogens (tertiary/aromatic N) is 2. The maximum atomic E-state index is 14.3. The molecule has 2 aliphatic rings. The molecule has 1 aromatic carbocycles. The van der Waals surface area contributed by atoms with Crippen molar-refractivity contribution in [3.63, 3.8) is 0 Å². The number of carbonyl (C=O) groups excluding carboxylic acids is 1. The molecule has 0 aliphatic carbocycles. The number of morpholine rings is 1. The zero-order valence-electron chi connectivity index (χ0n) is 14.2. The first-order valence-electron chi connectivity index (χ1n) is 8.02. The standard InChI is InChI=1S/C14H18FN3O3.C2H6O.ClH/c15-12-7-10(18-9-11(8-16)21-14(18)19)1-2-13(12)17-3-5-20-6-4-17;1-2-3;/h1-2,7,11H,3-6,8-9,16H2;3H,2H2,1H3;1H/t11-;;/m0../s1. The van der Waals surface area contributed by atoms with E-state index in [0.29, 0.717) is 44.2 Å². The van der Waals surface area contributed by atoms with Gasteiger partial charge >= 0.3 is 6.09 Å². The summed E-state index contributed by atoms with van der Waals surface area (Å²) in [4.78, 5) is 15.1. The number of nitrogens with two attached hydrogens (primary N) is 1. The van der Waals surface area contributed by atoms with E-state index >= 15 is 0 Å². The van der Waals surface area contributed by atoms with E-state index in [4.69, 9.17) is 20.3 Å². The Hall–Kier alpha value is -1.61. The van der Waals surface area contributed by atoms with Gasteiger partial charge in [0.05, 0.1) is 31.1 Å². The Balaban J connectivity index is 0.000000730. The number of carbonyl (C=O) groups is 1. The number of amides is 1. The van der Waals surface area contributed by atoms with Crippen molar-refractivity contribution < 1.29 is 23.8 Å². The summed E-state index contributed by atoms with van der Waals surface area (Å²) in [7, 11) is 0. The number of ether oxygens (including phenoxy) is 2. The summed E-state index contributed by atoms with van der Waals surface area (Å²) < 4.78 is 24.6. The van der Waals surface area contributed by atoms with Crippen LogP contribution in [0.3, 0.4) is 0 Å². The van der Waals surface area contributed by atoms with Crippen LogP contribution in [0.1, 0.15) is 6.92 Å². The predicted molar refractivity (Wildman–Crippen MR) is 96.1 cm³/mol. The van der Waals surface area contributed by atoms with Gasteiger partial charge in [-0.3, -0.25) is 4.90 Å². The molecule has 9 heteroatoms. The Labute approximate surface area is 152 Å². The van der Waals surface area contributed by atoms with Crippen LogP contribution in [0, 0.1) is 5.82 Å². The van der Waals surface area contributed by atoms with Gasteiger partial charge in [0.15, 0.2) is 0 Å². The fraction of sp³-hybridized carbons (Fsp3) is 0.562. The van der Waals surface area contributed by atoms with E-state index < -0.39 is 6.09 Å². The van der Waals surface area contributed by atoms with Crippen molar-refractivity contribution in [2.24, 2.45) is 5.73 Å². The Kier molecular flexibility index (Phi) is 8.91. The quantitative estimate of drug-likeness (QED) is 0.827.